The van der Waals surface area contributed by atoms with Crippen LogP contribution in [0.2, 0.25) is 0 Å². The second kappa shape index (κ2) is 9.06. The molecule has 6 rings (SSSR count). The summed E-state index contributed by atoms with van der Waals surface area (Å²) >= 11 is 0. The fourth-order valence-electron chi connectivity index (χ4n) is 4.14. The van der Waals surface area contributed by atoms with Crippen molar-refractivity contribution in [1.82, 2.24) is 35.1 Å². The molecule has 0 saturated heterocycles. The van der Waals surface area contributed by atoms with Crippen LogP contribution in [0.25, 0.3) is 55.8 Å². The van der Waals surface area contributed by atoms with Crippen LogP contribution in [0.5, 0.6) is 0 Å². The van der Waals surface area contributed by atoms with Crippen LogP contribution in [0, 0.1) is 0 Å². The van der Waals surface area contributed by atoms with E-state index in [1.165, 1.54) is 0 Å². The average molecular weight is 479 g/mol. The Labute approximate surface area is 205 Å². The lowest BCUT2D eigenvalue weighted by Gasteiger charge is -2.07. The van der Waals surface area contributed by atoms with Crippen LogP contribution >= 0.6 is 0 Å². The van der Waals surface area contributed by atoms with Gasteiger partial charge in [0.15, 0.2) is 11.5 Å². The van der Waals surface area contributed by atoms with Crippen LogP contribution in [0.4, 0.5) is 5.69 Å². The van der Waals surface area contributed by atoms with E-state index in [0.717, 1.165) is 51.5 Å². The normalized spacial score (nSPS) is 11.4. The van der Waals surface area contributed by atoms with Gasteiger partial charge in [-0.15, -0.1) is 0 Å². The molecule has 0 fully saturated rings. The second-order valence-corrected chi connectivity index (χ2v) is 8.49. The van der Waals surface area contributed by atoms with Crippen molar-refractivity contribution in [3.8, 4) is 33.8 Å². The molecule has 10 heteroatoms. The number of furan rings is 1. The van der Waals surface area contributed by atoms with E-state index in [1.54, 1.807) is 43.5 Å². The van der Waals surface area contributed by atoms with Crippen LogP contribution in [-0.4, -0.2) is 41.0 Å². The van der Waals surface area contributed by atoms with Gasteiger partial charge < -0.3 is 14.7 Å². The first-order valence-corrected chi connectivity index (χ1v) is 11.7. The van der Waals surface area contributed by atoms with Crippen LogP contribution < -0.4 is 5.32 Å². The average Bonchev–Trinajstić information content (AvgIpc) is 3.66. The summed E-state index contributed by atoms with van der Waals surface area (Å²) in [6.45, 7) is 2.06. The second-order valence-electron chi connectivity index (χ2n) is 8.49. The van der Waals surface area contributed by atoms with E-state index >= 15 is 0 Å². The van der Waals surface area contributed by atoms with Crippen LogP contribution in [0.15, 0.2) is 66.1 Å². The zero-order valence-corrected chi connectivity index (χ0v) is 19.4. The van der Waals surface area contributed by atoms with Crippen LogP contribution in [0.3, 0.4) is 0 Å². The van der Waals surface area contributed by atoms with E-state index in [1.807, 2.05) is 18.2 Å². The molecule has 178 valence electrons. The highest BCUT2D eigenvalue weighted by atomic mass is 16.3. The molecular weight excluding hydrogens is 456 g/mol. The summed E-state index contributed by atoms with van der Waals surface area (Å²) in [5.41, 5.74) is 6.95. The number of imidazole rings is 1. The molecule has 0 aromatic carbocycles. The Morgan fingerprint density at radius 1 is 1.06 bits per heavy atom. The summed E-state index contributed by atoms with van der Waals surface area (Å²) < 4.78 is 5.24. The molecule has 0 bridgehead atoms. The van der Waals surface area contributed by atoms with Gasteiger partial charge in [0.25, 0.3) is 0 Å². The molecule has 0 aliphatic carbocycles. The van der Waals surface area contributed by atoms with E-state index in [2.05, 4.69) is 42.4 Å². The van der Waals surface area contributed by atoms with E-state index in [9.17, 15) is 4.79 Å². The first-order chi connectivity index (χ1) is 17.7. The standard InChI is InChI=1S/C26H22N8O2/c1-2-3-4-22(35)30-18-7-16(9-27-11-18)17-8-19-24(33-34-25(19)29-10-17)26-31-21-13-28-12-20(23(21)32-26)15-5-6-36-14-15/h5-14H,2-4H2,1H3,(H,30,35)(H,31,32)(H,29,33,34). The number of nitrogens with zero attached hydrogens (tertiary/aromatic N) is 5. The van der Waals surface area contributed by atoms with Crippen molar-refractivity contribution < 1.29 is 9.21 Å². The number of amides is 1. The molecule has 6 heterocycles. The van der Waals surface area contributed by atoms with Gasteiger partial charge in [-0.2, -0.15) is 5.10 Å². The third-order valence-electron chi connectivity index (χ3n) is 5.98. The molecule has 0 aliphatic rings. The summed E-state index contributed by atoms with van der Waals surface area (Å²) in [4.78, 5) is 33.5. The fourth-order valence-corrected chi connectivity index (χ4v) is 4.14. The van der Waals surface area contributed by atoms with Gasteiger partial charge in [0.2, 0.25) is 5.91 Å². The minimum Gasteiger partial charge on any atom is -0.472 e. The minimum absolute atomic E-state index is 0.0179. The Morgan fingerprint density at radius 2 is 1.94 bits per heavy atom. The quantitative estimate of drug-likeness (QED) is 0.281. The number of carbonyl (C=O) groups excluding carboxylic acids is 1. The number of H-pyrrole nitrogens is 2. The molecule has 0 atom stereocenters. The third kappa shape index (κ3) is 3.98. The molecule has 0 saturated carbocycles. The highest BCUT2D eigenvalue weighted by Crippen LogP contribution is 2.32. The molecule has 0 radical (unpaired) electrons. The van der Waals surface area contributed by atoms with Gasteiger partial charge in [-0.1, -0.05) is 13.3 Å². The van der Waals surface area contributed by atoms with Crippen LogP contribution in [-0.2, 0) is 4.79 Å². The highest BCUT2D eigenvalue weighted by Gasteiger charge is 2.17. The first-order valence-electron chi connectivity index (χ1n) is 11.7. The predicted octanol–water partition coefficient (Wildman–Crippen LogP) is 5.35. The van der Waals surface area contributed by atoms with Gasteiger partial charge in [-0.25, -0.2) is 9.97 Å². The molecule has 10 nitrogen and oxygen atoms in total. The van der Waals surface area contributed by atoms with Crippen LogP contribution in [0.1, 0.15) is 26.2 Å². The van der Waals surface area contributed by atoms with Gasteiger partial charge in [-0.3, -0.25) is 19.9 Å². The Hall–Kier alpha value is -4.86. The number of aromatic amines is 2. The van der Waals surface area contributed by atoms with E-state index in [-0.39, 0.29) is 5.91 Å². The SMILES string of the molecule is CCCCC(=O)Nc1cncc(-c2cnc3[nH]nc(-c4nc5c(-c6ccoc6)cncc5[nH]4)c3c2)c1. The minimum atomic E-state index is -0.0179. The Balaban J connectivity index is 1.37. The number of nitrogens with one attached hydrogen (secondary N) is 3. The maximum Gasteiger partial charge on any atom is 0.224 e. The van der Waals surface area contributed by atoms with Crippen molar-refractivity contribution in [2.24, 2.45) is 0 Å². The van der Waals surface area contributed by atoms with Crippen molar-refractivity contribution in [1.29, 1.82) is 0 Å². The Kier molecular flexibility index (Phi) is 5.45. The Bertz CT molecular complexity index is 1680. The summed E-state index contributed by atoms with van der Waals surface area (Å²) in [6.07, 6.45) is 14.2. The zero-order chi connectivity index (χ0) is 24.5. The zero-order valence-electron chi connectivity index (χ0n) is 19.4. The maximum absolute atomic E-state index is 12.2. The van der Waals surface area contributed by atoms with Crippen molar-refractivity contribution >= 4 is 33.7 Å². The molecule has 0 unspecified atom stereocenters. The highest BCUT2D eigenvalue weighted by molar-refractivity contribution is 5.97. The number of carbonyl (C=O) groups is 1. The first kappa shape index (κ1) is 21.7. The number of hydrogen-bond donors (Lipinski definition) is 3. The Morgan fingerprint density at radius 3 is 2.81 bits per heavy atom. The fraction of sp³-hybridized carbons (Fsp3) is 0.154. The van der Waals surface area contributed by atoms with Gasteiger partial charge >= 0.3 is 0 Å². The van der Waals surface area contributed by atoms with E-state index in [4.69, 9.17) is 9.40 Å². The van der Waals surface area contributed by atoms with Gasteiger partial charge in [0.1, 0.15) is 11.2 Å². The summed E-state index contributed by atoms with van der Waals surface area (Å²) in [5.74, 6) is 0.582. The van der Waals surface area contributed by atoms with Gasteiger partial charge in [0, 0.05) is 47.3 Å². The van der Waals surface area contributed by atoms with Gasteiger partial charge in [-0.05, 0) is 24.6 Å². The van der Waals surface area contributed by atoms with Gasteiger partial charge in [0.05, 0.1) is 41.5 Å². The molecule has 3 N–H and O–H groups in total. The largest absolute Gasteiger partial charge is 0.472 e. The smallest absolute Gasteiger partial charge is 0.224 e. The monoisotopic (exact) mass is 478 g/mol. The van der Waals surface area contributed by atoms with Crippen molar-refractivity contribution in [2.45, 2.75) is 26.2 Å². The third-order valence-corrected chi connectivity index (χ3v) is 5.98. The number of unbranched alkanes of at least 4 members (excludes halogenated alkanes) is 1. The number of rotatable bonds is 7. The number of pyridine rings is 3. The number of aromatic nitrogens is 7. The summed E-state index contributed by atoms with van der Waals surface area (Å²) in [5, 5.41) is 11.2. The van der Waals surface area contributed by atoms with Crippen molar-refractivity contribution in [3.63, 3.8) is 0 Å². The lowest BCUT2D eigenvalue weighted by Crippen LogP contribution is -2.11. The number of fused-ring (bicyclic) bond motifs is 2. The van der Waals surface area contributed by atoms with E-state index in [0.29, 0.717) is 29.3 Å². The lowest BCUT2D eigenvalue weighted by atomic mass is 10.1. The molecular formula is C26H22N8O2. The molecule has 6 aromatic rings. The molecule has 6 aromatic heterocycles. The maximum atomic E-state index is 12.2. The van der Waals surface area contributed by atoms with E-state index < -0.39 is 0 Å². The number of anilines is 1. The summed E-state index contributed by atoms with van der Waals surface area (Å²) in [7, 11) is 0. The molecule has 36 heavy (non-hydrogen) atoms. The molecule has 1 amide bonds. The van der Waals surface area contributed by atoms with Crippen molar-refractivity contribution in [2.75, 3.05) is 5.32 Å². The topological polar surface area (TPSA) is 138 Å². The molecule has 0 spiro atoms. The summed E-state index contributed by atoms with van der Waals surface area (Å²) in [6, 6.07) is 5.76. The van der Waals surface area contributed by atoms with Crippen molar-refractivity contribution in [3.05, 3.63) is 61.7 Å². The molecule has 0 aliphatic heterocycles. The predicted molar refractivity (Wildman–Crippen MR) is 136 cm³/mol. The lowest BCUT2D eigenvalue weighted by molar-refractivity contribution is -0.116. The number of hydrogen-bond acceptors (Lipinski definition) is 7.